The largest absolute Gasteiger partial charge is 0.307 e. The monoisotopic (exact) mass is 313 g/mol. The lowest BCUT2D eigenvalue weighted by molar-refractivity contribution is 0.111. The van der Waals surface area contributed by atoms with Crippen molar-refractivity contribution in [3.05, 3.63) is 78.0 Å². The van der Waals surface area contributed by atoms with E-state index in [4.69, 9.17) is 0 Å². The number of allylic oxidation sites excluding steroid dienone is 2. The van der Waals surface area contributed by atoms with Gasteiger partial charge in [-0.3, -0.25) is 4.79 Å². The first-order chi connectivity index (χ1) is 11.8. The molecule has 2 atom stereocenters. The van der Waals surface area contributed by atoms with Crippen molar-refractivity contribution >= 4 is 17.2 Å². The molecule has 2 nitrogen and oxygen atoms in total. The molecular weight excluding hydrogens is 294 g/mol. The molecule has 1 heterocycles. The number of aldehydes is 1. The maximum absolute atomic E-state index is 11.6. The summed E-state index contributed by atoms with van der Waals surface area (Å²) < 4.78 is 2.08. The number of carbonyl (C=O) groups excluding carboxylic acids is 1. The molecule has 2 aromatic carbocycles. The zero-order valence-corrected chi connectivity index (χ0v) is 13.5. The number of hydrogen-bond acceptors (Lipinski definition) is 1. The van der Waals surface area contributed by atoms with Crippen LogP contribution in [0.4, 0.5) is 0 Å². The molecule has 3 aromatic rings. The number of benzene rings is 2. The Hall–Kier alpha value is -2.61. The number of carbonyl (C=O) groups is 1. The van der Waals surface area contributed by atoms with Crippen molar-refractivity contribution in [3.63, 3.8) is 0 Å². The number of para-hydroxylation sites is 1. The minimum Gasteiger partial charge on any atom is -0.307 e. The van der Waals surface area contributed by atoms with E-state index in [0.717, 1.165) is 28.8 Å². The van der Waals surface area contributed by atoms with E-state index in [1.165, 1.54) is 24.8 Å². The van der Waals surface area contributed by atoms with Crippen LogP contribution in [0.15, 0.2) is 66.7 Å². The van der Waals surface area contributed by atoms with Crippen molar-refractivity contribution in [3.8, 4) is 5.69 Å². The fourth-order valence-electron chi connectivity index (χ4n) is 4.62. The third kappa shape index (κ3) is 1.86. The molecule has 2 unspecified atom stereocenters. The van der Waals surface area contributed by atoms with Gasteiger partial charge in [-0.1, -0.05) is 42.5 Å². The summed E-state index contributed by atoms with van der Waals surface area (Å²) in [6.07, 6.45) is 9.53. The summed E-state index contributed by atoms with van der Waals surface area (Å²) in [5, 5.41) is 1.10. The molecular formula is C22H19NO. The van der Waals surface area contributed by atoms with Crippen LogP contribution in [0.1, 0.15) is 35.3 Å². The van der Waals surface area contributed by atoms with Gasteiger partial charge < -0.3 is 4.57 Å². The van der Waals surface area contributed by atoms with E-state index in [1.54, 1.807) is 0 Å². The number of hydrogen-bond donors (Lipinski definition) is 0. The Morgan fingerprint density at radius 2 is 2.00 bits per heavy atom. The van der Waals surface area contributed by atoms with Crippen LogP contribution in [0.25, 0.3) is 16.6 Å². The number of nitrogens with zero attached hydrogens (tertiary/aromatic N) is 1. The Labute approximate surface area is 141 Å². The first-order valence-corrected chi connectivity index (χ1v) is 8.65. The van der Waals surface area contributed by atoms with E-state index in [0.29, 0.717) is 5.69 Å². The van der Waals surface area contributed by atoms with Crippen molar-refractivity contribution in [1.29, 1.82) is 0 Å². The first-order valence-electron chi connectivity index (χ1n) is 8.65. The summed E-state index contributed by atoms with van der Waals surface area (Å²) in [6.45, 7) is 0. The standard InChI is InChI=1S/C22H19NO/c24-15-20-12-17-4-1-2-7-21(17)23(20)19-6-3-5-18(13-19)22-10-8-16(14-22)9-11-22/h1-8,10,12-13,15-16H,9,11,14H2. The summed E-state index contributed by atoms with van der Waals surface area (Å²) >= 11 is 0. The van der Waals surface area contributed by atoms with E-state index in [2.05, 4.69) is 53.1 Å². The lowest BCUT2D eigenvalue weighted by Gasteiger charge is -2.25. The molecule has 0 radical (unpaired) electrons. The average Bonchev–Trinajstić information content (AvgIpc) is 3.34. The SMILES string of the molecule is O=Cc1cc2ccccc2n1-c1cccc(C23C=CC(CC2)C3)c1. The highest BCUT2D eigenvalue weighted by Gasteiger charge is 2.41. The van der Waals surface area contributed by atoms with Crippen molar-refractivity contribution in [1.82, 2.24) is 4.57 Å². The molecule has 0 saturated heterocycles. The smallest absolute Gasteiger partial charge is 0.166 e. The van der Waals surface area contributed by atoms with E-state index in [-0.39, 0.29) is 5.41 Å². The Morgan fingerprint density at radius 1 is 1.08 bits per heavy atom. The van der Waals surface area contributed by atoms with Gasteiger partial charge in [0.15, 0.2) is 6.29 Å². The van der Waals surface area contributed by atoms with Crippen LogP contribution in [0.3, 0.4) is 0 Å². The molecule has 2 heteroatoms. The molecule has 0 amide bonds. The minimum absolute atomic E-state index is 0.213. The highest BCUT2D eigenvalue weighted by molar-refractivity contribution is 5.90. The lowest BCUT2D eigenvalue weighted by atomic mass is 9.80. The lowest BCUT2D eigenvalue weighted by Crippen LogP contribution is -2.17. The molecule has 2 aliphatic carbocycles. The number of fused-ring (bicyclic) bond motifs is 3. The summed E-state index contributed by atoms with van der Waals surface area (Å²) in [6, 6.07) is 18.9. The highest BCUT2D eigenvalue weighted by Crippen LogP contribution is 2.51. The van der Waals surface area contributed by atoms with Crippen LogP contribution in [0.2, 0.25) is 0 Å². The van der Waals surface area contributed by atoms with Gasteiger partial charge in [0.2, 0.25) is 0 Å². The Morgan fingerprint density at radius 3 is 2.75 bits per heavy atom. The van der Waals surface area contributed by atoms with Gasteiger partial charge in [0.05, 0.1) is 11.2 Å². The number of aromatic nitrogens is 1. The quantitative estimate of drug-likeness (QED) is 0.490. The van der Waals surface area contributed by atoms with Crippen LogP contribution < -0.4 is 0 Å². The van der Waals surface area contributed by atoms with Crippen molar-refractivity contribution in [2.75, 3.05) is 0 Å². The molecule has 1 saturated carbocycles. The van der Waals surface area contributed by atoms with Gasteiger partial charge in [0.25, 0.3) is 0 Å². The molecule has 5 rings (SSSR count). The van der Waals surface area contributed by atoms with E-state index in [9.17, 15) is 4.79 Å². The zero-order chi connectivity index (χ0) is 16.1. The van der Waals surface area contributed by atoms with Gasteiger partial charge in [0, 0.05) is 16.5 Å². The molecule has 1 fully saturated rings. The van der Waals surface area contributed by atoms with Crippen molar-refractivity contribution in [2.45, 2.75) is 24.7 Å². The maximum atomic E-state index is 11.6. The summed E-state index contributed by atoms with van der Waals surface area (Å²) in [5.41, 5.74) is 4.46. The van der Waals surface area contributed by atoms with Crippen LogP contribution in [0, 0.1) is 5.92 Å². The van der Waals surface area contributed by atoms with Gasteiger partial charge in [-0.25, -0.2) is 0 Å². The summed E-state index contributed by atoms with van der Waals surface area (Å²) in [5.74, 6) is 0.756. The predicted molar refractivity (Wildman–Crippen MR) is 96.8 cm³/mol. The normalized spacial score (nSPS) is 24.8. The zero-order valence-electron chi connectivity index (χ0n) is 13.5. The third-order valence-electron chi connectivity index (χ3n) is 5.81. The third-order valence-corrected chi connectivity index (χ3v) is 5.81. The van der Waals surface area contributed by atoms with E-state index >= 15 is 0 Å². The average molecular weight is 313 g/mol. The summed E-state index contributed by atoms with van der Waals surface area (Å²) in [4.78, 5) is 11.6. The predicted octanol–water partition coefficient (Wildman–Crippen LogP) is 5.05. The van der Waals surface area contributed by atoms with Gasteiger partial charge in [-0.05, 0) is 55.0 Å². The van der Waals surface area contributed by atoms with E-state index < -0.39 is 0 Å². The van der Waals surface area contributed by atoms with E-state index in [1.807, 2.05) is 18.2 Å². The first kappa shape index (κ1) is 13.8. The van der Waals surface area contributed by atoms with Crippen LogP contribution in [0.5, 0.6) is 0 Å². The van der Waals surface area contributed by atoms with Crippen molar-refractivity contribution in [2.24, 2.45) is 5.92 Å². The molecule has 0 spiro atoms. The van der Waals surface area contributed by atoms with Crippen LogP contribution >= 0.6 is 0 Å². The van der Waals surface area contributed by atoms with Crippen LogP contribution in [-0.4, -0.2) is 10.9 Å². The Kier molecular flexibility index (Phi) is 2.84. The second-order valence-corrected chi connectivity index (χ2v) is 7.15. The fraction of sp³-hybridized carbons (Fsp3) is 0.227. The topological polar surface area (TPSA) is 22.0 Å². The molecule has 2 bridgehead atoms. The summed E-state index contributed by atoms with van der Waals surface area (Å²) in [7, 11) is 0. The maximum Gasteiger partial charge on any atom is 0.166 e. The molecule has 0 aliphatic heterocycles. The highest BCUT2D eigenvalue weighted by atomic mass is 16.1. The Bertz CT molecular complexity index is 981. The van der Waals surface area contributed by atoms with Gasteiger partial charge >= 0.3 is 0 Å². The minimum atomic E-state index is 0.213. The van der Waals surface area contributed by atoms with Gasteiger partial charge in [-0.2, -0.15) is 0 Å². The van der Waals surface area contributed by atoms with Gasteiger partial charge in [0.1, 0.15) is 0 Å². The Balaban J connectivity index is 1.70. The number of rotatable bonds is 3. The van der Waals surface area contributed by atoms with Crippen LogP contribution in [-0.2, 0) is 5.41 Å². The molecule has 24 heavy (non-hydrogen) atoms. The molecule has 1 aromatic heterocycles. The second-order valence-electron chi connectivity index (χ2n) is 7.15. The second kappa shape index (κ2) is 4.94. The van der Waals surface area contributed by atoms with Gasteiger partial charge in [-0.15, -0.1) is 0 Å². The molecule has 118 valence electrons. The fourth-order valence-corrected chi connectivity index (χ4v) is 4.62. The van der Waals surface area contributed by atoms with Crippen molar-refractivity contribution < 1.29 is 4.79 Å². The molecule has 0 N–H and O–H groups in total. The molecule has 2 aliphatic rings.